The first-order valence-electron chi connectivity index (χ1n) is 6.06. The molecule has 3 aromatic rings. The van der Waals surface area contributed by atoms with Crippen LogP contribution in [0, 0.1) is 6.92 Å². The van der Waals surface area contributed by atoms with Crippen molar-refractivity contribution in [1.82, 2.24) is 9.97 Å². The van der Waals surface area contributed by atoms with Crippen molar-refractivity contribution in [2.45, 2.75) is 13.1 Å². The molecule has 0 radical (unpaired) electrons. The number of fused-ring (bicyclic) bond motifs is 1. The molecule has 0 unspecified atom stereocenters. The quantitative estimate of drug-likeness (QED) is 0.693. The first-order valence-corrected chi connectivity index (χ1v) is 6.06. The highest BCUT2D eigenvalue weighted by Crippen LogP contribution is 2.35. The highest BCUT2D eigenvalue weighted by molar-refractivity contribution is 5.77. The Morgan fingerprint density at radius 3 is 2.57 bits per heavy atom. The van der Waals surface area contributed by atoms with Gasteiger partial charge in [0.05, 0.1) is 11.1 Å². The average Bonchev–Trinajstić information content (AvgIpc) is 2.80. The molecule has 2 N–H and O–H groups in total. The van der Waals surface area contributed by atoms with Crippen LogP contribution in [-0.4, -0.2) is 9.97 Å². The lowest BCUT2D eigenvalue weighted by atomic mass is 10.1. The van der Waals surface area contributed by atoms with Crippen LogP contribution >= 0.6 is 0 Å². The lowest BCUT2D eigenvalue weighted by molar-refractivity contribution is -0.137. The van der Waals surface area contributed by atoms with E-state index in [1.165, 1.54) is 6.07 Å². The third-order valence-corrected chi connectivity index (χ3v) is 3.00. The molecule has 108 valence electrons. The number of oxazole rings is 1. The number of halogens is 3. The van der Waals surface area contributed by atoms with Gasteiger partial charge in [-0.15, -0.1) is 0 Å². The maximum atomic E-state index is 12.8. The van der Waals surface area contributed by atoms with Gasteiger partial charge < -0.3 is 10.2 Å². The van der Waals surface area contributed by atoms with E-state index >= 15 is 0 Å². The minimum absolute atomic E-state index is 0.0201. The number of anilines is 1. The number of aromatic nitrogens is 2. The highest BCUT2D eigenvalue weighted by atomic mass is 19.4. The Bertz CT molecular complexity index is 824. The summed E-state index contributed by atoms with van der Waals surface area (Å²) in [5.74, 6) is 0.0201. The fourth-order valence-electron chi connectivity index (χ4n) is 1.95. The summed E-state index contributed by atoms with van der Waals surface area (Å²) in [6.45, 7) is 1.78. The predicted molar refractivity (Wildman–Crippen MR) is 71.4 cm³/mol. The summed E-state index contributed by atoms with van der Waals surface area (Å²) >= 11 is 0. The summed E-state index contributed by atoms with van der Waals surface area (Å²) in [6.07, 6.45) is -4.46. The van der Waals surface area contributed by atoms with Crippen molar-refractivity contribution in [2.24, 2.45) is 0 Å². The Labute approximate surface area is 117 Å². The van der Waals surface area contributed by atoms with Gasteiger partial charge in [0.1, 0.15) is 0 Å². The van der Waals surface area contributed by atoms with Crippen LogP contribution in [0.25, 0.3) is 22.7 Å². The third kappa shape index (κ3) is 2.42. The van der Waals surface area contributed by atoms with E-state index in [0.717, 1.165) is 17.8 Å². The van der Waals surface area contributed by atoms with Gasteiger partial charge in [-0.3, -0.25) is 0 Å². The van der Waals surface area contributed by atoms with Gasteiger partial charge in [-0.25, -0.2) is 4.98 Å². The van der Waals surface area contributed by atoms with E-state index < -0.39 is 11.7 Å². The highest BCUT2D eigenvalue weighted by Gasteiger charge is 2.31. The second-order valence-corrected chi connectivity index (χ2v) is 4.59. The summed E-state index contributed by atoms with van der Waals surface area (Å²) < 4.78 is 43.7. The molecule has 0 aliphatic carbocycles. The normalized spacial score (nSPS) is 12.0. The summed E-state index contributed by atoms with van der Waals surface area (Å²) in [6, 6.07) is 6.42. The van der Waals surface area contributed by atoms with Gasteiger partial charge >= 0.3 is 6.18 Å². The minimum atomic E-state index is -4.46. The number of aryl methyl sites for hydroxylation is 1. The second-order valence-electron chi connectivity index (χ2n) is 4.59. The van der Waals surface area contributed by atoms with Crippen LogP contribution in [0.15, 0.2) is 34.7 Å². The van der Waals surface area contributed by atoms with Crippen molar-refractivity contribution in [3.8, 4) is 11.5 Å². The molecule has 0 spiro atoms. The molecule has 0 saturated heterocycles. The maximum Gasteiger partial charge on any atom is 0.416 e. The van der Waals surface area contributed by atoms with Crippen LogP contribution in [0.2, 0.25) is 0 Å². The number of nitrogen functional groups attached to an aromatic ring is 1. The average molecular weight is 293 g/mol. The van der Waals surface area contributed by atoms with Crippen LogP contribution in [0.4, 0.5) is 18.9 Å². The second kappa shape index (κ2) is 4.47. The monoisotopic (exact) mass is 293 g/mol. The zero-order valence-electron chi connectivity index (χ0n) is 10.9. The third-order valence-electron chi connectivity index (χ3n) is 3.00. The molecule has 2 heterocycles. The van der Waals surface area contributed by atoms with Crippen molar-refractivity contribution in [1.29, 1.82) is 0 Å². The first kappa shape index (κ1) is 13.4. The number of pyridine rings is 1. The largest absolute Gasteiger partial charge is 0.434 e. The van der Waals surface area contributed by atoms with Gasteiger partial charge in [-0.1, -0.05) is 0 Å². The van der Waals surface area contributed by atoms with Crippen LogP contribution < -0.4 is 5.73 Å². The summed E-state index contributed by atoms with van der Waals surface area (Å²) in [4.78, 5) is 8.26. The van der Waals surface area contributed by atoms with Gasteiger partial charge in [-0.2, -0.15) is 18.2 Å². The van der Waals surface area contributed by atoms with Crippen molar-refractivity contribution < 1.29 is 17.6 Å². The molecule has 0 saturated carbocycles. The Balaban J connectivity index is 2.17. The molecular weight excluding hydrogens is 283 g/mol. The van der Waals surface area contributed by atoms with Gasteiger partial charge in [-0.05, 0) is 37.3 Å². The van der Waals surface area contributed by atoms with Crippen molar-refractivity contribution >= 4 is 16.9 Å². The summed E-state index contributed by atoms with van der Waals surface area (Å²) in [5.41, 5.74) is 6.64. The zero-order chi connectivity index (χ0) is 15.2. The van der Waals surface area contributed by atoms with Crippen LogP contribution in [0.5, 0.6) is 0 Å². The van der Waals surface area contributed by atoms with Gasteiger partial charge in [0.2, 0.25) is 5.89 Å². The Kier molecular flexibility index (Phi) is 2.86. The van der Waals surface area contributed by atoms with E-state index in [-0.39, 0.29) is 17.1 Å². The molecule has 0 bridgehead atoms. The van der Waals surface area contributed by atoms with Crippen molar-refractivity contribution in [3.63, 3.8) is 0 Å². The fraction of sp³-hybridized carbons (Fsp3) is 0.143. The first-order chi connectivity index (χ1) is 9.84. The summed E-state index contributed by atoms with van der Waals surface area (Å²) in [7, 11) is 0. The standard InChI is InChI=1S/C14H10F3N3O/c1-7-2-5-11-12(19-7)20-13(21-11)9-6-8(14(15,16)17)3-4-10(9)18/h2-6H,18H2,1H3. The van der Waals surface area contributed by atoms with Crippen LogP contribution in [0.1, 0.15) is 11.3 Å². The number of hydrogen-bond donors (Lipinski definition) is 1. The molecule has 21 heavy (non-hydrogen) atoms. The Morgan fingerprint density at radius 1 is 1.10 bits per heavy atom. The van der Waals surface area contributed by atoms with Gasteiger partial charge in [0.15, 0.2) is 11.2 Å². The Morgan fingerprint density at radius 2 is 1.86 bits per heavy atom. The molecule has 0 amide bonds. The molecule has 7 heteroatoms. The molecule has 4 nitrogen and oxygen atoms in total. The summed E-state index contributed by atoms with van der Waals surface area (Å²) in [5, 5.41) is 0. The smallest absolute Gasteiger partial charge is 0.416 e. The van der Waals surface area contributed by atoms with E-state index in [1.54, 1.807) is 19.1 Å². The zero-order valence-corrected chi connectivity index (χ0v) is 10.9. The van der Waals surface area contributed by atoms with E-state index in [0.29, 0.717) is 11.2 Å². The molecule has 0 aliphatic heterocycles. The number of rotatable bonds is 1. The Hall–Kier alpha value is -2.57. The molecule has 0 aliphatic rings. The lowest BCUT2D eigenvalue weighted by Crippen LogP contribution is -2.05. The van der Waals surface area contributed by atoms with Crippen molar-refractivity contribution in [2.75, 3.05) is 5.73 Å². The molecular formula is C14H10F3N3O. The molecule has 2 aromatic heterocycles. The van der Waals surface area contributed by atoms with Crippen molar-refractivity contribution in [3.05, 3.63) is 41.6 Å². The van der Waals surface area contributed by atoms with Crippen LogP contribution in [-0.2, 0) is 6.18 Å². The van der Waals surface area contributed by atoms with Crippen LogP contribution in [0.3, 0.4) is 0 Å². The molecule has 0 fully saturated rings. The topological polar surface area (TPSA) is 64.9 Å². The van der Waals surface area contributed by atoms with E-state index in [9.17, 15) is 13.2 Å². The predicted octanol–water partition coefficient (Wildman–Crippen LogP) is 3.80. The number of hydrogen-bond acceptors (Lipinski definition) is 4. The SMILES string of the molecule is Cc1ccc2oc(-c3cc(C(F)(F)F)ccc3N)nc2n1. The number of nitrogens with zero attached hydrogens (tertiary/aromatic N) is 2. The van der Waals surface area contributed by atoms with E-state index in [1.807, 2.05) is 0 Å². The molecule has 1 aromatic carbocycles. The molecule has 0 atom stereocenters. The number of benzene rings is 1. The van der Waals surface area contributed by atoms with E-state index in [4.69, 9.17) is 10.2 Å². The van der Waals surface area contributed by atoms with Gasteiger partial charge in [0, 0.05) is 11.4 Å². The van der Waals surface area contributed by atoms with E-state index in [2.05, 4.69) is 9.97 Å². The number of alkyl halides is 3. The lowest BCUT2D eigenvalue weighted by Gasteiger charge is -2.09. The fourth-order valence-corrected chi connectivity index (χ4v) is 1.95. The maximum absolute atomic E-state index is 12.8. The minimum Gasteiger partial charge on any atom is -0.434 e. The molecule has 3 rings (SSSR count). The van der Waals surface area contributed by atoms with Gasteiger partial charge in [0.25, 0.3) is 0 Å². The number of nitrogens with two attached hydrogens (primary N) is 1.